The number of alkyl halides is 3. The Morgan fingerprint density at radius 1 is 0.920 bits per heavy atom. The third-order valence-corrected chi connectivity index (χ3v) is 8.78. The first kappa shape index (κ1) is 38.3. The van der Waals surface area contributed by atoms with Crippen molar-refractivity contribution in [2.45, 2.75) is 50.7 Å². The summed E-state index contributed by atoms with van der Waals surface area (Å²) in [5.41, 5.74) is 1.55. The van der Waals surface area contributed by atoms with Gasteiger partial charge in [0.25, 0.3) is 0 Å². The van der Waals surface area contributed by atoms with E-state index in [1.165, 1.54) is 30.3 Å². The predicted octanol–water partition coefficient (Wildman–Crippen LogP) is 2.38. The second kappa shape index (κ2) is 18.5. The van der Waals surface area contributed by atoms with Crippen LogP contribution in [0.25, 0.3) is 11.1 Å². The van der Waals surface area contributed by atoms with E-state index in [2.05, 4.69) is 21.3 Å². The summed E-state index contributed by atoms with van der Waals surface area (Å²) in [6.45, 7) is 2.81. The number of carbonyl (C=O) groups is 5. The molecule has 0 bridgehead atoms. The van der Waals surface area contributed by atoms with Crippen LogP contribution >= 0.6 is 0 Å². The van der Waals surface area contributed by atoms with Crippen LogP contribution in [-0.2, 0) is 36.5 Å². The molecule has 0 aromatic heterocycles. The topological polar surface area (TPSA) is 178 Å². The van der Waals surface area contributed by atoms with Crippen LogP contribution in [0, 0.1) is 11.8 Å². The predicted molar refractivity (Wildman–Crippen MR) is 174 cm³/mol. The number of amides is 5. The fourth-order valence-corrected chi connectivity index (χ4v) is 6.14. The zero-order valence-corrected chi connectivity index (χ0v) is 27.5. The highest BCUT2D eigenvalue weighted by Crippen LogP contribution is 2.37. The summed E-state index contributed by atoms with van der Waals surface area (Å²) < 4.78 is 46.2. The molecule has 4 rings (SSSR count). The van der Waals surface area contributed by atoms with Gasteiger partial charge in [0.05, 0.1) is 30.6 Å². The van der Waals surface area contributed by atoms with Gasteiger partial charge < -0.3 is 20.7 Å². The zero-order valence-electron chi connectivity index (χ0n) is 27.5. The molecule has 2 fully saturated rings. The van der Waals surface area contributed by atoms with E-state index in [4.69, 9.17) is 4.74 Å². The molecule has 0 aliphatic carbocycles. The molecule has 272 valence electrons. The van der Waals surface area contributed by atoms with E-state index >= 15 is 0 Å². The van der Waals surface area contributed by atoms with Crippen LogP contribution < -0.4 is 26.7 Å². The molecule has 50 heavy (non-hydrogen) atoms. The monoisotopic (exact) mass is 704 g/mol. The number of nitrogens with one attached hydrogen (secondary N) is 5. The number of hydrogen-bond acceptors (Lipinski definition) is 9. The minimum atomic E-state index is -4.58. The first-order valence-corrected chi connectivity index (χ1v) is 16.6. The molecule has 0 spiro atoms. The number of alkyl carbamates (subject to hydrolysis) is 1. The molecule has 0 saturated carbocycles. The Kier molecular flexibility index (Phi) is 14.1. The summed E-state index contributed by atoms with van der Waals surface area (Å²) in [5.74, 6) is -5.20. The number of rotatable bonds is 7. The minimum Gasteiger partial charge on any atom is -0.450 e. The van der Waals surface area contributed by atoms with Crippen molar-refractivity contribution in [3.05, 3.63) is 59.7 Å². The van der Waals surface area contributed by atoms with Crippen LogP contribution in [0.3, 0.4) is 0 Å². The smallest absolute Gasteiger partial charge is 0.417 e. The normalized spacial score (nSPS) is 21.7. The minimum absolute atomic E-state index is 0.00512. The summed E-state index contributed by atoms with van der Waals surface area (Å²) in [6, 6.07) is 10.0. The molecule has 13 nitrogen and oxygen atoms in total. The van der Waals surface area contributed by atoms with Gasteiger partial charge in [-0.25, -0.2) is 10.3 Å². The van der Waals surface area contributed by atoms with E-state index in [1.807, 2.05) is 4.90 Å². The van der Waals surface area contributed by atoms with E-state index in [-0.39, 0.29) is 56.5 Å². The van der Waals surface area contributed by atoms with Crippen molar-refractivity contribution in [2.75, 3.05) is 45.9 Å². The maximum Gasteiger partial charge on any atom is 0.417 e. The van der Waals surface area contributed by atoms with Gasteiger partial charge in [0.1, 0.15) is 6.04 Å². The number of halogens is 3. The van der Waals surface area contributed by atoms with Gasteiger partial charge in [0, 0.05) is 32.7 Å². The summed E-state index contributed by atoms with van der Waals surface area (Å²) >= 11 is 0. The highest BCUT2D eigenvalue weighted by Gasteiger charge is 2.36. The van der Waals surface area contributed by atoms with Crippen molar-refractivity contribution in [3.63, 3.8) is 0 Å². The van der Waals surface area contributed by atoms with E-state index < -0.39 is 59.3 Å². The standard InChI is InChI=1S/C34H43F3N6O7/c35-34(36,37)27-8-2-1-6-24(27)23-12-10-22(11-13-23)20-26-25(31(46)42-49)7-5-19-50-33(48)39-14-4-3-9-28(40-30(26)45)32(47)41-29(44)21-43-17-15-38-16-18-43/h1-2,6,8,10-13,25-26,28,38,49H,3-5,7,9,14-21H2,(H,39,48)(H,40,45)(H,42,46)(H,41,44,47)/t25-,26+,28-/m0/s1. The molecular formula is C34H43F3N6O7. The number of imide groups is 1. The third kappa shape index (κ3) is 11.2. The van der Waals surface area contributed by atoms with Gasteiger partial charge in [-0.3, -0.25) is 34.6 Å². The molecule has 2 heterocycles. The van der Waals surface area contributed by atoms with Crippen LogP contribution in [-0.4, -0.2) is 91.7 Å². The molecule has 3 atom stereocenters. The maximum absolute atomic E-state index is 14.0. The molecule has 16 heteroatoms. The van der Waals surface area contributed by atoms with Crippen molar-refractivity contribution in [3.8, 4) is 11.1 Å². The molecule has 2 saturated heterocycles. The number of carbonyl (C=O) groups excluding carboxylic acids is 5. The van der Waals surface area contributed by atoms with E-state index in [9.17, 15) is 42.4 Å². The number of hydroxylamine groups is 1. The number of ether oxygens (including phenoxy) is 1. The molecule has 0 radical (unpaired) electrons. The SMILES string of the molecule is O=C(CN1CCNCC1)NC(=O)[C@@H]1CCCCNC(=O)OCCC[C@H](C(=O)NO)[C@@H](Cc2ccc(-c3ccccc3C(F)(F)F)cc2)C(=O)N1. The molecule has 6 N–H and O–H groups in total. The number of hydrogen-bond donors (Lipinski definition) is 6. The molecule has 0 unspecified atom stereocenters. The number of piperazine rings is 1. The Morgan fingerprint density at radius 2 is 1.64 bits per heavy atom. The van der Waals surface area contributed by atoms with Crippen molar-refractivity contribution < 1.29 is 47.1 Å². The first-order valence-electron chi connectivity index (χ1n) is 16.6. The van der Waals surface area contributed by atoms with E-state index in [1.54, 1.807) is 17.6 Å². The molecule has 5 amide bonds. The number of benzene rings is 2. The van der Waals surface area contributed by atoms with Gasteiger partial charge >= 0.3 is 12.3 Å². The lowest BCUT2D eigenvalue weighted by molar-refractivity contribution is -0.141. The zero-order chi connectivity index (χ0) is 36.1. The molecule has 2 aliphatic heterocycles. The summed E-state index contributed by atoms with van der Waals surface area (Å²) in [7, 11) is 0. The average Bonchev–Trinajstić information content (AvgIpc) is 3.10. The fourth-order valence-electron chi connectivity index (χ4n) is 6.14. The lowest BCUT2D eigenvalue weighted by Crippen LogP contribution is -2.54. The van der Waals surface area contributed by atoms with Gasteiger partial charge in [-0.2, -0.15) is 13.2 Å². The van der Waals surface area contributed by atoms with Crippen molar-refractivity contribution in [1.82, 2.24) is 31.6 Å². The van der Waals surface area contributed by atoms with Crippen LogP contribution in [0.1, 0.15) is 43.2 Å². The Bertz CT molecular complexity index is 1480. The largest absolute Gasteiger partial charge is 0.450 e. The Morgan fingerprint density at radius 3 is 2.34 bits per heavy atom. The van der Waals surface area contributed by atoms with Crippen molar-refractivity contribution >= 4 is 29.7 Å². The molecule has 2 aromatic rings. The highest BCUT2D eigenvalue weighted by molar-refractivity contribution is 6.00. The van der Waals surface area contributed by atoms with Gasteiger partial charge in [-0.05, 0) is 61.3 Å². The number of cyclic esters (lactones) is 1. The third-order valence-electron chi connectivity index (χ3n) is 8.78. The van der Waals surface area contributed by atoms with Crippen LogP contribution in [0.2, 0.25) is 0 Å². The summed E-state index contributed by atoms with van der Waals surface area (Å²) in [5, 5.41) is 20.5. The van der Waals surface area contributed by atoms with Crippen LogP contribution in [0.15, 0.2) is 48.5 Å². The maximum atomic E-state index is 14.0. The second-order valence-corrected chi connectivity index (χ2v) is 12.3. The van der Waals surface area contributed by atoms with Gasteiger partial charge in [-0.15, -0.1) is 0 Å². The summed E-state index contributed by atoms with van der Waals surface area (Å²) in [4.78, 5) is 67.2. The highest BCUT2D eigenvalue weighted by atomic mass is 19.4. The average molecular weight is 705 g/mol. The van der Waals surface area contributed by atoms with Gasteiger partial charge in [-0.1, -0.05) is 42.5 Å². The fraction of sp³-hybridized carbons (Fsp3) is 0.500. The Labute approximate surface area is 287 Å². The Balaban J connectivity index is 1.59. The quantitative estimate of drug-likeness (QED) is 0.187. The second-order valence-electron chi connectivity index (χ2n) is 12.3. The van der Waals surface area contributed by atoms with Crippen molar-refractivity contribution in [1.29, 1.82) is 0 Å². The molecule has 2 aliphatic rings. The van der Waals surface area contributed by atoms with Crippen LogP contribution in [0.4, 0.5) is 18.0 Å². The van der Waals surface area contributed by atoms with E-state index in [0.29, 0.717) is 44.6 Å². The lowest BCUT2D eigenvalue weighted by atomic mass is 9.82. The van der Waals surface area contributed by atoms with Gasteiger partial charge in [0.2, 0.25) is 23.6 Å². The van der Waals surface area contributed by atoms with Crippen molar-refractivity contribution in [2.24, 2.45) is 11.8 Å². The van der Waals surface area contributed by atoms with Gasteiger partial charge in [0.15, 0.2) is 0 Å². The molecular weight excluding hydrogens is 661 g/mol. The first-order chi connectivity index (χ1) is 24.0. The molecule has 2 aromatic carbocycles. The van der Waals surface area contributed by atoms with Crippen LogP contribution in [0.5, 0.6) is 0 Å². The van der Waals surface area contributed by atoms with E-state index in [0.717, 1.165) is 6.07 Å². The number of nitrogens with zero attached hydrogens (tertiary/aromatic N) is 1. The summed E-state index contributed by atoms with van der Waals surface area (Å²) in [6.07, 6.45) is -4.29. The lowest BCUT2D eigenvalue weighted by Gasteiger charge is -2.28. The Hall–Kier alpha value is -4.54.